The topological polar surface area (TPSA) is 105 Å². The molecule has 0 radical (unpaired) electrons. The molecule has 0 unspecified atom stereocenters. The minimum absolute atomic E-state index is 0.167. The van der Waals surface area contributed by atoms with E-state index in [9.17, 15) is 9.59 Å². The Kier molecular flexibility index (Phi) is 6.85. The number of hydrogen-bond donors (Lipinski definition) is 3. The van der Waals surface area contributed by atoms with E-state index >= 15 is 0 Å². The van der Waals surface area contributed by atoms with Crippen molar-refractivity contribution in [2.75, 3.05) is 5.32 Å². The Hall–Kier alpha value is -2.68. The molecule has 3 N–H and O–H groups in total. The quantitative estimate of drug-likeness (QED) is 0.441. The smallest absolute Gasteiger partial charge is 0.283 e. The first-order valence-corrected chi connectivity index (χ1v) is 12.6. The van der Waals surface area contributed by atoms with Crippen molar-refractivity contribution in [3.63, 3.8) is 0 Å². The SMILES string of the molecule is C[C@@H]1[C@@H](C)C(C)(C)[C@@H](C)C[C@H]1Nc1cnn(CC(=O)NCc2nc3ccccc3[nH]2)c(=O)c1Br. The molecular weight excluding hydrogens is 496 g/mol. The molecule has 0 saturated heterocycles. The Balaban J connectivity index is 1.40. The average molecular weight is 529 g/mol. The number of amides is 1. The zero-order chi connectivity index (χ0) is 24.6. The van der Waals surface area contributed by atoms with Crippen LogP contribution in [0.1, 0.15) is 46.9 Å². The number of halogens is 1. The number of para-hydroxylation sites is 2. The van der Waals surface area contributed by atoms with E-state index in [4.69, 9.17) is 0 Å². The van der Waals surface area contributed by atoms with Crippen LogP contribution in [0.4, 0.5) is 5.69 Å². The van der Waals surface area contributed by atoms with Gasteiger partial charge in [0.15, 0.2) is 0 Å². The number of H-pyrrole nitrogens is 1. The highest BCUT2D eigenvalue weighted by atomic mass is 79.9. The third-order valence-corrected chi connectivity index (χ3v) is 8.75. The zero-order valence-electron chi connectivity index (χ0n) is 20.4. The molecule has 0 aliphatic heterocycles. The molecule has 4 rings (SSSR count). The minimum atomic E-state index is -0.339. The summed E-state index contributed by atoms with van der Waals surface area (Å²) in [6, 6.07) is 7.92. The highest BCUT2D eigenvalue weighted by molar-refractivity contribution is 9.10. The van der Waals surface area contributed by atoms with Gasteiger partial charge in [0.25, 0.3) is 5.56 Å². The number of aromatic nitrogens is 4. The number of nitrogens with one attached hydrogen (secondary N) is 3. The fraction of sp³-hybridized carbons (Fsp3) is 0.520. The summed E-state index contributed by atoms with van der Waals surface area (Å²) in [5.41, 5.74) is 2.35. The molecule has 1 aromatic carbocycles. The number of fused-ring (bicyclic) bond motifs is 1. The van der Waals surface area contributed by atoms with Crippen molar-refractivity contribution in [3.8, 4) is 0 Å². The van der Waals surface area contributed by atoms with Gasteiger partial charge in [-0.25, -0.2) is 9.67 Å². The molecule has 34 heavy (non-hydrogen) atoms. The van der Waals surface area contributed by atoms with Crippen molar-refractivity contribution in [3.05, 3.63) is 51.1 Å². The van der Waals surface area contributed by atoms with E-state index in [0.29, 0.717) is 33.7 Å². The Morgan fingerprint density at radius 2 is 2.00 bits per heavy atom. The van der Waals surface area contributed by atoms with Gasteiger partial charge in [-0.15, -0.1) is 0 Å². The zero-order valence-corrected chi connectivity index (χ0v) is 21.9. The molecule has 1 fully saturated rings. The molecule has 0 bridgehead atoms. The molecule has 8 nitrogen and oxygen atoms in total. The molecule has 0 spiro atoms. The predicted molar refractivity (Wildman–Crippen MR) is 137 cm³/mol. The van der Waals surface area contributed by atoms with Crippen molar-refractivity contribution < 1.29 is 4.79 Å². The van der Waals surface area contributed by atoms with Crippen LogP contribution >= 0.6 is 15.9 Å². The maximum atomic E-state index is 12.9. The van der Waals surface area contributed by atoms with Crippen LogP contribution in [0.25, 0.3) is 11.0 Å². The number of carbonyl (C=O) groups is 1. The van der Waals surface area contributed by atoms with Gasteiger partial charge < -0.3 is 15.6 Å². The standard InChI is InChI=1S/C25H33BrN6O2/c1-14-10-19(15(2)16(3)25(14,4)5)29-20-11-28-32(24(34)23(20)26)13-22(33)27-12-21-30-17-8-6-7-9-18(17)31-21/h6-9,11,14-16,19,29H,10,12-13H2,1-5H3,(H,27,33)(H,30,31)/t14-,15+,16+,19+/m0/s1. The first-order chi connectivity index (χ1) is 16.1. The van der Waals surface area contributed by atoms with Crippen LogP contribution in [0.3, 0.4) is 0 Å². The van der Waals surface area contributed by atoms with Crippen molar-refractivity contribution in [1.82, 2.24) is 25.1 Å². The van der Waals surface area contributed by atoms with Crippen LogP contribution in [0.15, 0.2) is 39.7 Å². The van der Waals surface area contributed by atoms with Crippen LogP contribution in [0, 0.1) is 23.2 Å². The van der Waals surface area contributed by atoms with Crippen LogP contribution < -0.4 is 16.2 Å². The molecule has 182 valence electrons. The summed E-state index contributed by atoms with van der Waals surface area (Å²) in [5, 5.41) is 10.6. The molecule has 2 heterocycles. The lowest BCUT2D eigenvalue weighted by Gasteiger charge is -2.50. The molecule has 1 aliphatic carbocycles. The average Bonchev–Trinajstić information content (AvgIpc) is 3.23. The van der Waals surface area contributed by atoms with Gasteiger partial charge in [0.1, 0.15) is 16.8 Å². The minimum Gasteiger partial charge on any atom is -0.380 e. The fourth-order valence-corrected chi connectivity index (χ4v) is 5.33. The van der Waals surface area contributed by atoms with Gasteiger partial charge >= 0.3 is 0 Å². The Bertz CT molecular complexity index is 1220. The van der Waals surface area contributed by atoms with Gasteiger partial charge in [0.05, 0.1) is 29.5 Å². The van der Waals surface area contributed by atoms with E-state index in [-0.39, 0.29) is 36.0 Å². The third kappa shape index (κ3) is 4.76. The van der Waals surface area contributed by atoms with E-state index in [1.54, 1.807) is 6.20 Å². The Morgan fingerprint density at radius 3 is 2.74 bits per heavy atom. The number of aromatic amines is 1. The largest absolute Gasteiger partial charge is 0.380 e. The van der Waals surface area contributed by atoms with Crippen LogP contribution in [0.5, 0.6) is 0 Å². The van der Waals surface area contributed by atoms with Crippen molar-refractivity contribution in [2.24, 2.45) is 23.2 Å². The number of nitrogens with zero attached hydrogens (tertiary/aromatic N) is 3. The molecule has 9 heteroatoms. The maximum absolute atomic E-state index is 12.9. The van der Waals surface area contributed by atoms with E-state index in [1.165, 1.54) is 4.68 Å². The molecule has 1 amide bonds. The van der Waals surface area contributed by atoms with Crippen molar-refractivity contribution in [1.29, 1.82) is 0 Å². The second-order valence-electron chi connectivity index (χ2n) is 10.2. The van der Waals surface area contributed by atoms with Gasteiger partial charge in [-0.3, -0.25) is 9.59 Å². The van der Waals surface area contributed by atoms with Gasteiger partial charge in [-0.05, 0) is 57.7 Å². The normalized spacial score (nSPS) is 24.2. The van der Waals surface area contributed by atoms with E-state index in [1.807, 2.05) is 24.3 Å². The van der Waals surface area contributed by atoms with E-state index in [0.717, 1.165) is 17.5 Å². The summed E-state index contributed by atoms with van der Waals surface area (Å²) in [7, 11) is 0. The summed E-state index contributed by atoms with van der Waals surface area (Å²) in [6.45, 7) is 11.6. The third-order valence-electron chi connectivity index (χ3n) is 7.99. The lowest BCUT2D eigenvalue weighted by molar-refractivity contribution is -0.122. The van der Waals surface area contributed by atoms with Gasteiger partial charge in [0, 0.05) is 6.04 Å². The number of carbonyl (C=O) groups excluding carboxylic acids is 1. The van der Waals surface area contributed by atoms with Crippen molar-refractivity contribution >= 4 is 38.6 Å². The fourth-order valence-electron chi connectivity index (χ4n) is 4.91. The molecule has 2 aromatic heterocycles. The van der Waals surface area contributed by atoms with E-state index in [2.05, 4.69) is 76.2 Å². The highest BCUT2D eigenvalue weighted by Gasteiger charge is 2.43. The summed E-state index contributed by atoms with van der Waals surface area (Å²) < 4.78 is 1.56. The molecule has 1 aliphatic rings. The molecule has 3 aromatic rings. The number of hydrogen-bond acceptors (Lipinski definition) is 5. The summed E-state index contributed by atoms with van der Waals surface area (Å²) in [5.74, 6) is 1.89. The first kappa shape index (κ1) is 24.4. The second-order valence-corrected chi connectivity index (χ2v) is 11.0. The maximum Gasteiger partial charge on any atom is 0.283 e. The Morgan fingerprint density at radius 1 is 1.26 bits per heavy atom. The van der Waals surface area contributed by atoms with Gasteiger partial charge in [0.2, 0.25) is 5.91 Å². The molecule has 1 saturated carbocycles. The number of anilines is 1. The van der Waals surface area contributed by atoms with Gasteiger partial charge in [-0.1, -0.05) is 46.8 Å². The van der Waals surface area contributed by atoms with Crippen LogP contribution in [-0.4, -0.2) is 31.7 Å². The highest BCUT2D eigenvalue weighted by Crippen LogP contribution is 2.48. The summed E-state index contributed by atoms with van der Waals surface area (Å²) in [6.07, 6.45) is 2.65. The lowest BCUT2D eigenvalue weighted by Crippen LogP contribution is -2.48. The summed E-state index contributed by atoms with van der Waals surface area (Å²) in [4.78, 5) is 33.0. The van der Waals surface area contributed by atoms with Crippen molar-refractivity contribution in [2.45, 2.75) is 60.2 Å². The Labute approximate surface area is 208 Å². The molecule has 4 atom stereocenters. The summed E-state index contributed by atoms with van der Waals surface area (Å²) >= 11 is 3.43. The second kappa shape index (κ2) is 9.52. The number of rotatable bonds is 6. The predicted octanol–water partition coefficient (Wildman–Crippen LogP) is 4.32. The van der Waals surface area contributed by atoms with Crippen LogP contribution in [0.2, 0.25) is 0 Å². The van der Waals surface area contributed by atoms with E-state index < -0.39 is 0 Å². The van der Waals surface area contributed by atoms with Crippen LogP contribution in [-0.2, 0) is 17.9 Å². The number of benzene rings is 1. The first-order valence-electron chi connectivity index (χ1n) is 11.8. The number of imidazole rings is 1. The molecular formula is C25H33BrN6O2. The monoisotopic (exact) mass is 528 g/mol. The lowest BCUT2D eigenvalue weighted by atomic mass is 9.58. The van der Waals surface area contributed by atoms with Gasteiger partial charge in [-0.2, -0.15) is 5.10 Å².